The lowest BCUT2D eigenvalue weighted by Gasteiger charge is -2.29. The Morgan fingerprint density at radius 1 is 1.22 bits per heavy atom. The minimum atomic E-state index is 0.743. The summed E-state index contributed by atoms with van der Waals surface area (Å²) in [5.74, 6) is 0. The van der Waals surface area contributed by atoms with Gasteiger partial charge >= 0.3 is 0 Å². The van der Waals surface area contributed by atoms with Crippen LogP contribution in [-0.4, -0.2) is 17.8 Å². The summed E-state index contributed by atoms with van der Waals surface area (Å²) in [7, 11) is 0. The van der Waals surface area contributed by atoms with Crippen LogP contribution in [0.4, 0.5) is 0 Å². The van der Waals surface area contributed by atoms with E-state index in [0.29, 0.717) is 0 Å². The molecule has 1 aromatic rings. The van der Waals surface area contributed by atoms with E-state index in [9.17, 15) is 0 Å². The van der Waals surface area contributed by atoms with Crippen molar-refractivity contribution in [2.75, 3.05) is 6.54 Å². The van der Waals surface area contributed by atoms with Gasteiger partial charge in [-0.1, -0.05) is 19.4 Å². The first-order valence-corrected chi connectivity index (χ1v) is 8.04. The van der Waals surface area contributed by atoms with E-state index in [0.717, 1.165) is 17.8 Å². The molecular weight excluding hydrogens is 238 g/mol. The van der Waals surface area contributed by atoms with Crippen LogP contribution in [0.5, 0.6) is 0 Å². The highest BCUT2D eigenvalue weighted by molar-refractivity contribution is 8.00. The number of hydrogen-bond acceptors (Lipinski definition) is 2. The molecule has 2 unspecified atom stereocenters. The molecule has 2 rings (SSSR count). The minimum Gasteiger partial charge on any atom is -0.314 e. The molecule has 1 saturated carbocycles. The predicted molar refractivity (Wildman–Crippen MR) is 81.5 cm³/mol. The highest BCUT2D eigenvalue weighted by atomic mass is 32.2. The molecule has 18 heavy (non-hydrogen) atoms. The second kappa shape index (κ2) is 6.63. The van der Waals surface area contributed by atoms with Crippen molar-refractivity contribution >= 4 is 11.8 Å². The lowest BCUT2D eigenvalue weighted by molar-refractivity contribution is 0.388. The first kappa shape index (κ1) is 14.0. The Morgan fingerprint density at radius 2 is 2.06 bits per heavy atom. The number of hydrogen-bond donors (Lipinski definition) is 1. The zero-order chi connectivity index (χ0) is 13.0. The van der Waals surface area contributed by atoms with Crippen LogP contribution in [0.15, 0.2) is 23.1 Å². The van der Waals surface area contributed by atoms with Crippen molar-refractivity contribution in [3.8, 4) is 0 Å². The number of aryl methyl sites for hydroxylation is 2. The Bertz CT molecular complexity index is 387. The molecule has 0 bridgehead atoms. The number of benzene rings is 1. The second-order valence-corrected chi connectivity index (χ2v) is 6.78. The van der Waals surface area contributed by atoms with Crippen LogP contribution in [0.3, 0.4) is 0 Å². The molecule has 0 aliphatic heterocycles. The molecular formula is C16H25NS. The van der Waals surface area contributed by atoms with Crippen LogP contribution >= 0.6 is 11.8 Å². The van der Waals surface area contributed by atoms with Crippen molar-refractivity contribution in [2.45, 2.75) is 62.6 Å². The smallest absolute Gasteiger partial charge is 0.0109 e. The molecule has 1 aliphatic rings. The summed E-state index contributed by atoms with van der Waals surface area (Å²) >= 11 is 2.08. The lowest BCUT2D eigenvalue weighted by Crippen LogP contribution is -2.34. The third-order valence-electron chi connectivity index (χ3n) is 3.90. The summed E-state index contributed by atoms with van der Waals surface area (Å²) in [6.45, 7) is 7.71. The molecule has 2 atom stereocenters. The summed E-state index contributed by atoms with van der Waals surface area (Å²) in [6.07, 6.45) is 5.43. The molecule has 1 fully saturated rings. The summed E-state index contributed by atoms with van der Waals surface area (Å²) in [5.41, 5.74) is 2.81. The highest BCUT2D eigenvalue weighted by Gasteiger charge is 2.21. The van der Waals surface area contributed by atoms with Gasteiger partial charge in [-0.25, -0.2) is 0 Å². The van der Waals surface area contributed by atoms with Gasteiger partial charge in [0, 0.05) is 16.2 Å². The third kappa shape index (κ3) is 3.76. The Balaban J connectivity index is 1.93. The normalized spacial score (nSPS) is 24.2. The van der Waals surface area contributed by atoms with Gasteiger partial charge in [0.25, 0.3) is 0 Å². The molecule has 0 spiro atoms. The standard InChI is InChI=1S/C16H25NS/c1-4-17-14-6-5-7-15(11-14)18-16-9-8-12(2)13(3)10-16/h8-10,14-15,17H,4-7,11H2,1-3H3. The fourth-order valence-electron chi connectivity index (χ4n) is 2.71. The maximum Gasteiger partial charge on any atom is 0.0109 e. The van der Waals surface area contributed by atoms with Crippen molar-refractivity contribution < 1.29 is 0 Å². The molecule has 0 amide bonds. The number of thioether (sulfide) groups is 1. The van der Waals surface area contributed by atoms with Gasteiger partial charge in [0.15, 0.2) is 0 Å². The molecule has 0 heterocycles. The maximum atomic E-state index is 3.61. The van der Waals surface area contributed by atoms with Crippen LogP contribution in [0.1, 0.15) is 43.7 Å². The van der Waals surface area contributed by atoms with Gasteiger partial charge in [-0.3, -0.25) is 0 Å². The number of nitrogens with one attached hydrogen (secondary N) is 1. The fourth-order valence-corrected chi connectivity index (χ4v) is 4.10. The molecule has 0 saturated heterocycles. The fraction of sp³-hybridized carbons (Fsp3) is 0.625. The lowest BCUT2D eigenvalue weighted by atomic mass is 9.95. The van der Waals surface area contributed by atoms with E-state index in [4.69, 9.17) is 0 Å². The molecule has 1 aromatic carbocycles. The molecule has 100 valence electrons. The van der Waals surface area contributed by atoms with Crippen LogP contribution in [0, 0.1) is 13.8 Å². The third-order valence-corrected chi connectivity index (χ3v) is 5.19. The summed E-state index contributed by atoms with van der Waals surface area (Å²) < 4.78 is 0. The van der Waals surface area contributed by atoms with Gasteiger partial charge < -0.3 is 5.32 Å². The molecule has 0 aromatic heterocycles. The molecule has 1 aliphatic carbocycles. The Kier molecular flexibility index (Phi) is 5.13. The van der Waals surface area contributed by atoms with Crippen LogP contribution in [0.2, 0.25) is 0 Å². The summed E-state index contributed by atoms with van der Waals surface area (Å²) in [5, 5.41) is 4.40. The first-order valence-electron chi connectivity index (χ1n) is 7.16. The van der Waals surface area contributed by atoms with E-state index < -0.39 is 0 Å². The van der Waals surface area contributed by atoms with Crippen LogP contribution in [0.25, 0.3) is 0 Å². The topological polar surface area (TPSA) is 12.0 Å². The van der Waals surface area contributed by atoms with Crippen LogP contribution < -0.4 is 5.32 Å². The van der Waals surface area contributed by atoms with Crippen molar-refractivity contribution in [1.29, 1.82) is 0 Å². The quantitative estimate of drug-likeness (QED) is 0.868. The highest BCUT2D eigenvalue weighted by Crippen LogP contribution is 2.34. The van der Waals surface area contributed by atoms with E-state index in [1.54, 1.807) is 0 Å². The second-order valence-electron chi connectivity index (χ2n) is 5.41. The van der Waals surface area contributed by atoms with E-state index in [2.05, 4.69) is 56.0 Å². The van der Waals surface area contributed by atoms with Crippen molar-refractivity contribution in [3.63, 3.8) is 0 Å². The summed E-state index contributed by atoms with van der Waals surface area (Å²) in [6, 6.07) is 7.62. The summed E-state index contributed by atoms with van der Waals surface area (Å²) in [4.78, 5) is 1.44. The Hall–Kier alpha value is -0.470. The van der Waals surface area contributed by atoms with E-state index in [-0.39, 0.29) is 0 Å². The molecule has 2 heteroatoms. The Morgan fingerprint density at radius 3 is 2.78 bits per heavy atom. The monoisotopic (exact) mass is 263 g/mol. The number of rotatable bonds is 4. The maximum absolute atomic E-state index is 3.61. The average Bonchev–Trinajstić information content (AvgIpc) is 2.35. The zero-order valence-corrected chi connectivity index (χ0v) is 12.6. The van der Waals surface area contributed by atoms with Crippen molar-refractivity contribution in [1.82, 2.24) is 5.32 Å². The SMILES string of the molecule is CCNC1CCCC(Sc2ccc(C)c(C)c2)C1. The zero-order valence-electron chi connectivity index (χ0n) is 11.8. The molecule has 0 radical (unpaired) electrons. The van der Waals surface area contributed by atoms with Crippen molar-refractivity contribution in [3.05, 3.63) is 29.3 Å². The average molecular weight is 263 g/mol. The van der Waals surface area contributed by atoms with Crippen molar-refractivity contribution in [2.24, 2.45) is 0 Å². The molecule has 1 N–H and O–H groups in total. The van der Waals surface area contributed by atoms with Gasteiger partial charge in [0.05, 0.1) is 0 Å². The van der Waals surface area contributed by atoms with Gasteiger partial charge in [0.1, 0.15) is 0 Å². The van der Waals surface area contributed by atoms with Gasteiger partial charge in [-0.2, -0.15) is 0 Å². The van der Waals surface area contributed by atoms with E-state index >= 15 is 0 Å². The predicted octanol–water partition coefficient (Wildman–Crippen LogP) is 4.32. The van der Waals surface area contributed by atoms with Gasteiger partial charge in [0.2, 0.25) is 0 Å². The van der Waals surface area contributed by atoms with E-state index in [1.807, 2.05) is 0 Å². The molecule has 1 nitrogen and oxygen atoms in total. The van der Waals surface area contributed by atoms with Gasteiger partial charge in [-0.05, 0) is 62.9 Å². The van der Waals surface area contributed by atoms with E-state index in [1.165, 1.54) is 41.7 Å². The largest absolute Gasteiger partial charge is 0.314 e. The minimum absolute atomic E-state index is 0.743. The first-order chi connectivity index (χ1) is 8.69. The van der Waals surface area contributed by atoms with Crippen LogP contribution in [-0.2, 0) is 0 Å². The Labute approximate surface area is 116 Å². The van der Waals surface area contributed by atoms with Gasteiger partial charge in [-0.15, -0.1) is 11.8 Å².